The molecule has 1 unspecified atom stereocenters. The van der Waals surface area contributed by atoms with E-state index in [1.54, 1.807) is 49.9 Å². The van der Waals surface area contributed by atoms with Crippen LogP contribution in [-0.4, -0.2) is 38.6 Å². The fraction of sp³-hybridized carbons (Fsp3) is 0.375. The zero-order valence-corrected chi connectivity index (χ0v) is 19.8. The molecule has 0 aliphatic carbocycles. The topological polar surface area (TPSA) is 90.4 Å². The maximum Gasteiger partial charge on any atom is 0.414 e. The zero-order valence-electron chi connectivity index (χ0n) is 19.0. The number of halogens is 2. The van der Waals surface area contributed by atoms with Gasteiger partial charge >= 0.3 is 6.09 Å². The van der Waals surface area contributed by atoms with Crippen LogP contribution in [0.3, 0.4) is 0 Å². The fourth-order valence-corrected chi connectivity index (χ4v) is 5.72. The van der Waals surface area contributed by atoms with Gasteiger partial charge in [-0.3, -0.25) is 14.3 Å². The number of allylic oxidation sites excluding steroid dienone is 1. The van der Waals surface area contributed by atoms with Crippen molar-refractivity contribution in [1.29, 1.82) is 0 Å². The van der Waals surface area contributed by atoms with E-state index in [1.165, 1.54) is 28.4 Å². The van der Waals surface area contributed by atoms with Crippen molar-refractivity contribution in [3.8, 4) is 5.00 Å². The summed E-state index contributed by atoms with van der Waals surface area (Å²) in [6, 6.07) is 6.25. The Balaban J connectivity index is 1.50. The highest BCUT2D eigenvalue weighted by molar-refractivity contribution is 7.16. The second-order valence-corrected chi connectivity index (χ2v) is 10.4. The predicted molar refractivity (Wildman–Crippen MR) is 124 cm³/mol. The molecule has 0 spiro atoms. The van der Waals surface area contributed by atoms with Crippen LogP contribution in [0.1, 0.15) is 47.5 Å². The molecule has 10 heteroatoms. The van der Waals surface area contributed by atoms with Gasteiger partial charge in [0.1, 0.15) is 16.9 Å². The molecule has 2 N–H and O–H groups in total. The maximum atomic E-state index is 15.8. The third-order valence-corrected chi connectivity index (χ3v) is 7.65. The van der Waals surface area contributed by atoms with Crippen molar-refractivity contribution in [1.82, 2.24) is 14.5 Å². The van der Waals surface area contributed by atoms with Crippen molar-refractivity contribution in [2.75, 3.05) is 6.54 Å². The molecule has 0 radical (unpaired) electrons. The number of aryl methyl sites for hydroxylation is 1. The highest BCUT2D eigenvalue weighted by Gasteiger charge is 2.47. The number of thiophene rings is 1. The first-order chi connectivity index (χ1) is 16.0. The molecule has 3 aromatic rings. The average molecular weight is 487 g/mol. The van der Waals surface area contributed by atoms with Crippen LogP contribution in [0.4, 0.5) is 13.6 Å². The number of hydrogen-bond donors (Lipinski definition) is 1. The molecule has 2 amide bonds. The molecule has 0 bridgehead atoms. The number of primary amides is 1. The van der Waals surface area contributed by atoms with Gasteiger partial charge in [0.05, 0.1) is 15.9 Å². The van der Waals surface area contributed by atoms with E-state index in [2.05, 4.69) is 4.98 Å². The van der Waals surface area contributed by atoms with Gasteiger partial charge < -0.3 is 10.5 Å². The number of piperidine rings is 1. The van der Waals surface area contributed by atoms with Gasteiger partial charge in [0.25, 0.3) is 11.8 Å². The molecule has 2 aromatic heterocycles. The van der Waals surface area contributed by atoms with Crippen LogP contribution < -0.4 is 5.73 Å². The summed E-state index contributed by atoms with van der Waals surface area (Å²) in [6.45, 7) is 5.44. The Morgan fingerprint density at radius 2 is 2.09 bits per heavy atom. The Bertz CT molecular complexity index is 1360. The zero-order chi connectivity index (χ0) is 24.4. The van der Waals surface area contributed by atoms with Crippen molar-refractivity contribution in [2.24, 2.45) is 11.7 Å². The minimum atomic E-state index is -3.12. The van der Waals surface area contributed by atoms with Crippen LogP contribution in [0, 0.1) is 12.8 Å². The van der Waals surface area contributed by atoms with Crippen molar-refractivity contribution >= 4 is 34.4 Å². The molecule has 2 aliphatic heterocycles. The molecule has 0 saturated carbocycles. The Kier molecular flexibility index (Phi) is 5.05. The van der Waals surface area contributed by atoms with Crippen LogP contribution in [0.2, 0.25) is 0 Å². The van der Waals surface area contributed by atoms with E-state index in [9.17, 15) is 9.59 Å². The maximum absolute atomic E-state index is 15.8. The molecule has 1 atom stereocenters. The molecular weight excluding hydrogens is 462 g/mol. The van der Waals surface area contributed by atoms with Crippen LogP contribution in [0.15, 0.2) is 42.4 Å². The number of fused-ring (bicyclic) bond motifs is 2. The summed E-state index contributed by atoms with van der Waals surface area (Å²) in [5.41, 5.74) is 6.90. The molecule has 7 nitrogen and oxygen atoms in total. The Labute approximate surface area is 198 Å². The molecule has 178 valence electrons. The third kappa shape index (κ3) is 3.66. The standard InChI is InChI=1S/C24H24F2N4O3S/c1-13-8-19(34-20(13)21(27)31)30-12-28-17-5-4-14(10-18(17)30)24(25,26)15-6-7-29-16(9-15)11-23(2,3)33-22(29)32/h4-5,8,10-12,15H,6-7,9H2,1-3H3,(H2,27,31). The lowest BCUT2D eigenvalue weighted by molar-refractivity contribution is -0.0813. The number of aromatic nitrogens is 2. The van der Waals surface area contributed by atoms with E-state index in [-0.39, 0.29) is 24.9 Å². The summed E-state index contributed by atoms with van der Waals surface area (Å²) in [5, 5.41) is 0.677. The number of carbonyl (C=O) groups excluding carboxylic acids is 2. The number of benzene rings is 1. The summed E-state index contributed by atoms with van der Waals surface area (Å²) >= 11 is 1.20. The molecule has 2 aliphatic rings. The first-order valence-electron chi connectivity index (χ1n) is 10.9. The van der Waals surface area contributed by atoms with Crippen LogP contribution >= 0.6 is 11.3 Å². The van der Waals surface area contributed by atoms with Crippen LogP contribution in [-0.2, 0) is 10.7 Å². The number of alkyl halides is 2. The summed E-state index contributed by atoms with van der Waals surface area (Å²) in [5.74, 6) is -4.61. The predicted octanol–water partition coefficient (Wildman–Crippen LogP) is 5.11. The second kappa shape index (κ2) is 7.63. The van der Waals surface area contributed by atoms with E-state index in [0.29, 0.717) is 26.6 Å². The van der Waals surface area contributed by atoms with Gasteiger partial charge in [0.15, 0.2) is 0 Å². The van der Waals surface area contributed by atoms with E-state index < -0.39 is 29.4 Å². The van der Waals surface area contributed by atoms with Crippen LogP contribution in [0.5, 0.6) is 0 Å². The monoisotopic (exact) mass is 486 g/mol. The molecular formula is C24H24F2N4O3S. The number of cyclic esters (lactones) is 1. The van der Waals surface area contributed by atoms with Gasteiger partial charge in [0.2, 0.25) is 0 Å². The molecule has 4 heterocycles. The van der Waals surface area contributed by atoms with Crippen molar-refractivity contribution in [3.63, 3.8) is 0 Å². The van der Waals surface area contributed by atoms with Gasteiger partial charge in [0, 0.05) is 23.7 Å². The summed E-state index contributed by atoms with van der Waals surface area (Å²) < 4.78 is 38.6. The number of rotatable bonds is 4. The SMILES string of the molecule is Cc1cc(-n2cnc3ccc(C(F)(F)C4CCN5C(=O)OC(C)(C)C=C5C4)cc32)sc1C(N)=O. The van der Waals surface area contributed by atoms with E-state index in [4.69, 9.17) is 10.5 Å². The Morgan fingerprint density at radius 3 is 2.79 bits per heavy atom. The van der Waals surface area contributed by atoms with Gasteiger partial charge in [-0.25, -0.2) is 18.6 Å². The largest absolute Gasteiger partial charge is 0.439 e. The molecule has 1 fully saturated rings. The fourth-order valence-electron chi connectivity index (χ4n) is 4.71. The number of ether oxygens (including phenoxy) is 1. The molecule has 34 heavy (non-hydrogen) atoms. The minimum Gasteiger partial charge on any atom is -0.439 e. The lowest BCUT2D eigenvalue weighted by Crippen LogP contribution is -2.47. The van der Waals surface area contributed by atoms with Gasteiger partial charge in [-0.2, -0.15) is 0 Å². The smallest absolute Gasteiger partial charge is 0.414 e. The van der Waals surface area contributed by atoms with E-state index >= 15 is 8.78 Å². The van der Waals surface area contributed by atoms with E-state index in [0.717, 1.165) is 5.56 Å². The summed E-state index contributed by atoms with van der Waals surface area (Å²) in [4.78, 5) is 30.1. The normalized spacial score (nSPS) is 20.1. The minimum absolute atomic E-state index is 0.0783. The van der Waals surface area contributed by atoms with Gasteiger partial charge in [-0.1, -0.05) is 6.07 Å². The number of imidazole rings is 1. The van der Waals surface area contributed by atoms with Crippen molar-refractivity contribution in [2.45, 2.75) is 45.1 Å². The number of nitrogens with two attached hydrogens (primary N) is 1. The van der Waals surface area contributed by atoms with Gasteiger partial charge in [-0.05, 0) is 63.5 Å². The lowest BCUT2D eigenvalue weighted by Gasteiger charge is -2.42. The van der Waals surface area contributed by atoms with E-state index in [1.807, 2.05) is 0 Å². The Hall–Kier alpha value is -3.27. The van der Waals surface area contributed by atoms with Gasteiger partial charge in [-0.15, -0.1) is 11.3 Å². The lowest BCUT2D eigenvalue weighted by atomic mass is 9.83. The highest BCUT2D eigenvalue weighted by atomic mass is 32.1. The summed E-state index contributed by atoms with van der Waals surface area (Å²) in [7, 11) is 0. The van der Waals surface area contributed by atoms with Crippen LogP contribution in [0.25, 0.3) is 16.0 Å². The highest BCUT2D eigenvalue weighted by Crippen LogP contribution is 2.46. The Morgan fingerprint density at radius 1 is 1.32 bits per heavy atom. The first-order valence-corrected chi connectivity index (χ1v) is 11.8. The average Bonchev–Trinajstić information content (AvgIpc) is 3.35. The van der Waals surface area contributed by atoms with Crippen molar-refractivity contribution < 1.29 is 23.1 Å². The number of carbonyl (C=O) groups is 2. The molecule has 5 rings (SSSR count). The number of amides is 2. The van der Waals surface area contributed by atoms with Crippen molar-refractivity contribution in [3.05, 3.63) is 58.4 Å². The summed E-state index contributed by atoms with van der Waals surface area (Å²) in [6.07, 6.45) is 3.06. The number of hydrogen-bond acceptors (Lipinski definition) is 5. The molecule has 1 aromatic carbocycles. The quantitative estimate of drug-likeness (QED) is 0.555. The number of nitrogens with zero attached hydrogens (tertiary/aromatic N) is 3. The molecule has 1 saturated heterocycles. The third-order valence-electron chi connectivity index (χ3n) is 6.40. The first kappa shape index (κ1) is 22.5. The second-order valence-electron chi connectivity index (χ2n) is 9.35.